The molecule has 0 spiro atoms. The zero-order valence-corrected chi connectivity index (χ0v) is 18.0. The Morgan fingerprint density at radius 3 is 2.17 bits per heavy atom. The number of H-pyrrole nitrogens is 1. The number of unbranched alkanes of at least 4 members (excludes halogenated alkanes) is 1. The van der Waals surface area contributed by atoms with Crippen molar-refractivity contribution in [3.8, 4) is 0 Å². The molecule has 6 heteroatoms. The minimum absolute atomic E-state index is 0.351. The first-order chi connectivity index (χ1) is 14.7. The van der Waals surface area contributed by atoms with Crippen LogP contribution in [0.2, 0.25) is 0 Å². The molecule has 1 aliphatic heterocycles. The minimum Gasteiger partial charge on any atom is -0.356 e. The normalized spacial score (nSPS) is 19.7. The van der Waals surface area contributed by atoms with Crippen LogP contribution < -0.4 is 5.32 Å². The summed E-state index contributed by atoms with van der Waals surface area (Å²) >= 11 is 0. The van der Waals surface area contributed by atoms with Gasteiger partial charge in [0.05, 0.1) is 23.5 Å². The largest absolute Gasteiger partial charge is 0.356 e. The standard InChI is InChI=1S/C24H32N6/c1-18-8-6-13-25-22(18)20-10-5-11-21(23-19(2)9-7-14-26-23)30(20)17-4-3-12-27-24-28-15-16-29-24/h6-9,13-16,20-21H,3-5,10-12,17H2,1-2H3,(H2,27,28,29)/t20-,21?/m0/s1. The second-order valence-electron chi connectivity index (χ2n) is 8.18. The number of aryl methyl sites for hydroxylation is 2. The van der Waals surface area contributed by atoms with E-state index in [1.165, 1.54) is 28.9 Å². The summed E-state index contributed by atoms with van der Waals surface area (Å²) in [6.45, 7) is 6.33. The molecular formula is C24H32N6. The van der Waals surface area contributed by atoms with Crippen LogP contribution in [0, 0.1) is 13.8 Å². The molecule has 158 valence electrons. The lowest BCUT2D eigenvalue weighted by molar-refractivity contribution is 0.0745. The van der Waals surface area contributed by atoms with Gasteiger partial charge in [-0.15, -0.1) is 0 Å². The number of pyridine rings is 2. The van der Waals surface area contributed by atoms with E-state index in [0.29, 0.717) is 12.1 Å². The third-order valence-corrected chi connectivity index (χ3v) is 6.12. The van der Waals surface area contributed by atoms with E-state index in [1.54, 1.807) is 6.20 Å². The number of nitrogens with zero attached hydrogens (tertiary/aromatic N) is 4. The molecule has 0 aliphatic carbocycles. The van der Waals surface area contributed by atoms with Gasteiger partial charge in [0.1, 0.15) is 0 Å². The molecule has 1 unspecified atom stereocenters. The summed E-state index contributed by atoms with van der Waals surface area (Å²) in [5.41, 5.74) is 5.02. The Morgan fingerprint density at radius 2 is 1.60 bits per heavy atom. The summed E-state index contributed by atoms with van der Waals surface area (Å²) in [7, 11) is 0. The van der Waals surface area contributed by atoms with Crippen LogP contribution in [0.1, 0.15) is 66.7 Å². The molecule has 6 nitrogen and oxygen atoms in total. The van der Waals surface area contributed by atoms with Gasteiger partial charge in [0.2, 0.25) is 0 Å². The lowest BCUT2D eigenvalue weighted by atomic mass is 9.88. The van der Waals surface area contributed by atoms with Crippen LogP contribution in [0.5, 0.6) is 0 Å². The van der Waals surface area contributed by atoms with Crippen LogP contribution in [-0.4, -0.2) is 37.9 Å². The molecule has 3 aromatic heterocycles. The molecule has 1 aliphatic rings. The number of nitrogens with one attached hydrogen (secondary N) is 2. The van der Waals surface area contributed by atoms with Gasteiger partial charge in [-0.2, -0.15) is 0 Å². The van der Waals surface area contributed by atoms with Gasteiger partial charge in [-0.05, 0) is 75.8 Å². The van der Waals surface area contributed by atoms with Crippen molar-refractivity contribution in [3.05, 3.63) is 71.6 Å². The molecular weight excluding hydrogens is 372 g/mol. The molecule has 0 amide bonds. The molecule has 4 heterocycles. The highest BCUT2D eigenvalue weighted by Crippen LogP contribution is 2.42. The summed E-state index contributed by atoms with van der Waals surface area (Å²) < 4.78 is 0. The zero-order valence-electron chi connectivity index (χ0n) is 18.0. The fourth-order valence-corrected chi connectivity index (χ4v) is 4.63. The van der Waals surface area contributed by atoms with E-state index in [4.69, 9.17) is 9.97 Å². The molecule has 2 atom stereocenters. The molecule has 30 heavy (non-hydrogen) atoms. The van der Waals surface area contributed by atoms with Gasteiger partial charge in [-0.1, -0.05) is 12.1 Å². The van der Waals surface area contributed by atoms with Gasteiger partial charge in [0, 0.05) is 31.3 Å². The van der Waals surface area contributed by atoms with Crippen molar-refractivity contribution in [2.75, 3.05) is 18.4 Å². The number of aromatic amines is 1. The van der Waals surface area contributed by atoms with E-state index in [0.717, 1.165) is 44.7 Å². The number of imidazole rings is 1. The molecule has 1 fully saturated rings. The predicted molar refractivity (Wildman–Crippen MR) is 120 cm³/mol. The van der Waals surface area contributed by atoms with Crippen molar-refractivity contribution in [1.29, 1.82) is 0 Å². The van der Waals surface area contributed by atoms with Crippen LogP contribution >= 0.6 is 0 Å². The summed E-state index contributed by atoms with van der Waals surface area (Å²) in [6.07, 6.45) is 13.2. The van der Waals surface area contributed by atoms with E-state index >= 15 is 0 Å². The second kappa shape index (κ2) is 9.85. The first kappa shape index (κ1) is 20.5. The maximum atomic E-state index is 4.79. The van der Waals surface area contributed by atoms with Crippen molar-refractivity contribution in [2.45, 2.75) is 58.0 Å². The lowest BCUT2D eigenvalue weighted by Crippen LogP contribution is -2.38. The Balaban J connectivity index is 1.50. The molecule has 3 aromatic rings. The number of hydrogen-bond donors (Lipinski definition) is 2. The van der Waals surface area contributed by atoms with Crippen LogP contribution in [0.4, 0.5) is 5.95 Å². The quantitative estimate of drug-likeness (QED) is 0.518. The Labute approximate surface area is 179 Å². The smallest absolute Gasteiger partial charge is 0.200 e. The topological polar surface area (TPSA) is 69.7 Å². The molecule has 0 bridgehead atoms. The number of hydrogen-bond acceptors (Lipinski definition) is 5. The van der Waals surface area contributed by atoms with Gasteiger partial charge in [0.25, 0.3) is 0 Å². The van der Waals surface area contributed by atoms with Crippen molar-refractivity contribution >= 4 is 5.95 Å². The van der Waals surface area contributed by atoms with Gasteiger partial charge in [-0.25, -0.2) is 4.98 Å². The van der Waals surface area contributed by atoms with Crippen molar-refractivity contribution < 1.29 is 0 Å². The highest BCUT2D eigenvalue weighted by molar-refractivity contribution is 5.26. The minimum atomic E-state index is 0.351. The highest BCUT2D eigenvalue weighted by atomic mass is 15.2. The Bertz CT molecular complexity index is 869. The third-order valence-electron chi connectivity index (χ3n) is 6.12. The molecule has 0 aromatic carbocycles. The van der Waals surface area contributed by atoms with Crippen LogP contribution in [0.15, 0.2) is 49.1 Å². The first-order valence-electron chi connectivity index (χ1n) is 11.1. The lowest BCUT2D eigenvalue weighted by Gasteiger charge is -2.42. The molecule has 4 rings (SSSR count). The Kier molecular flexibility index (Phi) is 6.74. The monoisotopic (exact) mass is 404 g/mol. The molecule has 2 N–H and O–H groups in total. The van der Waals surface area contributed by atoms with Crippen molar-refractivity contribution in [1.82, 2.24) is 24.8 Å². The maximum absolute atomic E-state index is 4.79. The summed E-state index contributed by atoms with van der Waals surface area (Å²) in [5, 5.41) is 3.36. The summed E-state index contributed by atoms with van der Waals surface area (Å²) in [4.78, 5) is 19.6. The van der Waals surface area contributed by atoms with Crippen LogP contribution in [0.3, 0.4) is 0 Å². The fourth-order valence-electron chi connectivity index (χ4n) is 4.63. The Hall–Kier alpha value is -2.73. The molecule has 0 saturated carbocycles. The number of likely N-dealkylation sites (tertiary alicyclic amines) is 1. The Morgan fingerprint density at radius 1 is 0.933 bits per heavy atom. The number of anilines is 1. The molecule has 0 radical (unpaired) electrons. The fraction of sp³-hybridized carbons (Fsp3) is 0.458. The summed E-state index contributed by atoms with van der Waals surface area (Å²) in [5.74, 6) is 0.844. The van der Waals surface area contributed by atoms with Gasteiger partial charge in [-0.3, -0.25) is 14.9 Å². The van der Waals surface area contributed by atoms with E-state index in [-0.39, 0.29) is 0 Å². The average molecular weight is 405 g/mol. The van der Waals surface area contributed by atoms with E-state index in [1.807, 2.05) is 30.7 Å². The number of aromatic nitrogens is 4. The van der Waals surface area contributed by atoms with Crippen molar-refractivity contribution in [2.24, 2.45) is 0 Å². The SMILES string of the molecule is Cc1cccnc1C1CCC[C@@H](c2ncccc2C)N1CCCCNc1ncc[nH]1. The first-order valence-corrected chi connectivity index (χ1v) is 11.1. The third kappa shape index (κ3) is 4.70. The molecule has 1 saturated heterocycles. The summed E-state index contributed by atoms with van der Waals surface area (Å²) in [6, 6.07) is 9.14. The predicted octanol–water partition coefficient (Wildman–Crippen LogP) is 4.98. The number of rotatable bonds is 8. The van der Waals surface area contributed by atoms with Crippen LogP contribution in [-0.2, 0) is 0 Å². The average Bonchev–Trinajstić information content (AvgIpc) is 3.28. The van der Waals surface area contributed by atoms with Gasteiger partial charge in [0.15, 0.2) is 5.95 Å². The van der Waals surface area contributed by atoms with Crippen LogP contribution in [0.25, 0.3) is 0 Å². The van der Waals surface area contributed by atoms with Gasteiger partial charge >= 0.3 is 0 Å². The van der Waals surface area contributed by atoms with E-state index in [9.17, 15) is 0 Å². The second-order valence-corrected chi connectivity index (χ2v) is 8.18. The van der Waals surface area contributed by atoms with E-state index in [2.05, 4.69) is 46.2 Å². The zero-order chi connectivity index (χ0) is 20.8. The van der Waals surface area contributed by atoms with E-state index < -0.39 is 0 Å². The van der Waals surface area contributed by atoms with Gasteiger partial charge < -0.3 is 10.3 Å². The maximum Gasteiger partial charge on any atom is 0.200 e. The number of piperidine rings is 1. The van der Waals surface area contributed by atoms with Crippen molar-refractivity contribution in [3.63, 3.8) is 0 Å². The highest BCUT2D eigenvalue weighted by Gasteiger charge is 2.34.